The molecule has 2 heterocycles. The summed E-state index contributed by atoms with van der Waals surface area (Å²) in [5.74, 6) is -0.108. The van der Waals surface area contributed by atoms with E-state index in [1.165, 1.54) is 0 Å². The van der Waals surface area contributed by atoms with Crippen LogP contribution in [0.5, 0.6) is 0 Å². The van der Waals surface area contributed by atoms with Gasteiger partial charge in [-0.15, -0.1) is 0 Å². The number of aryl methyl sites for hydroxylation is 1. The Hall–Kier alpha value is -1.89. The van der Waals surface area contributed by atoms with Crippen LogP contribution in [0.2, 0.25) is 0 Å². The lowest BCUT2D eigenvalue weighted by molar-refractivity contribution is -0.127. The van der Waals surface area contributed by atoms with Gasteiger partial charge in [-0.3, -0.25) is 9.59 Å². The molecule has 0 radical (unpaired) electrons. The zero-order chi connectivity index (χ0) is 18.9. The molecular formula is C19H26N2O4S. The number of rotatable bonds is 3. The van der Waals surface area contributed by atoms with Gasteiger partial charge in [0.25, 0.3) is 5.91 Å². The number of amides is 2. The third kappa shape index (κ3) is 4.09. The first-order chi connectivity index (χ1) is 12.2. The molecule has 0 aromatic heterocycles. The van der Waals surface area contributed by atoms with Crippen molar-refractivity contribution in [1.82, 2.24) is 10.2 Å². The van der Waals surface area contributed by atoms with Crippen molar-refractivity contribution in [2.75, 3.05) is 24.6 Å². The third-order valence-corrected chi connectivity index (χ3v) is 7.36. The molecule has 1 atom stereocenters. The van der Waals surface area contributed by atoms with Gasteiger partial charge in [0, 0.05) is 24.6 Å². The quantitative estimate of drug-likeness (QED) is 0.865. The monoisotopic (exact) mass is 378 g/mol. The normalized spacial score (nSPS) is 25.8. The number of nitrogens with one attached hydrogen (secondary N) is 1. The van der Waals surface area contributed by atoms with Crippen molar-refractivity contribution in [2.45, 2.75) is 38.6 Å². The molecule has 7 heteroatoms. The van der Waals surface area contributed by atoms with Gasteiger partial charge in [0.1, 0.15) is 0 Å². The first kappa shape index (κ1) is 18.9. The van der Waals surface area contributed by atoms with Crippen molar-refractivity contribution in [3.63, 3.8) is 0 Å². The number of sulfone groups is 1. The predicted molar refractivity (Wildman–Crippen MR) is 99.6 cm³/mol. The predicted octanol–water partition coefficient (Wildman–Crippen LogP) is 1.54. The minimum Gasteiger partial charge on any atom is -0.350 e. The maximum absolute atomic E-state index is 12.7. The summed E-state index contributed by atoms with van der Waals surface area (Å²) in [5, 5.41) is 2.94. The van der Waals surface area contributed by atoms with E-state index < -0.39 is 15.4 Å². The molecule has 0 bridgehead atoms. The number of benzene rings is 1. The summed E-state index contributed by atoms with van der Waals surface area (Å²) in [5.41, 5.74) is 0.996. The molecule has 1 N–H and O–H groups in total. The van der Waals surface area contributed by atoms with Crippen LogP contribution in [0, 0.1) is 12.8 Å². The Bertz CT molecular complexity index is 813. The van der Waals surface area contributed by atoms with Gasteiger partial charge in [0.15, 0.2) is 9.84 Å². The molecule has 1 unspecified atom stereocenters. The Kier molecular flexibility index (Phi) is 5.10. The van der Waals surface area contributed by atoms with Gasteiger partial charge in [-0.1, -0.05) is 18.2 Å². The van der Waals surface area contributed by atoms with Gasteiger partial charge >= 0.3 is 0 Å². The van der Waals surface area contributed by atoms with Gasteiger partial charge in [-0.05, 0) is 44.7 Å². The van der Waals surface area contributed by atoms with Crippen LogP contribution in [0.4, 0.5) is 0 Å². The van der Waals surface area contributed by atoms with Crippen LogP contribution < -0.4 is 5.32 Å². The molecule has 1 aromatic carbocycles. The van der Waals surface area contributed by atoms with Crippen LogP contribution in [-0.2, 0) is 14.6 Å². The molecule has 2 saturated heterocycles. The number of carbonyl (C=O) groups is 2. The highest BCUT2D eigenvalue weighted by Crippen LogP contribution is 2.25. The molecule has 142 valence electrons. The largest absolute Gasteiger partial charge is 0.350 e. The van der Waals surface area contributed by atoms with E-state index in [0.717, 1.165) is 5.56 Å². The van der Waals surface area contributed by atoms with Gasteiger partial charge in [-0.25, -0.2) is 8.42 Å². The Morgan fingerprint density at radius 2 is 1.85 bits per heavy atom. The summed E-state index contributed by atoms with van der Waals surface area (Å²) in [6, 6.07) is 7.52. The summed E-state index contributed by atoms with van der Waals surface area (Å²) >= 11 is 0. The van der Waals surface area contributed by atoms with Crippen LogP contribution in [0.15, 0.2) is 24.3 Å². The molecule has 3 rings (SSSR count). The van der Waals surface area contributed by atoms with Crippen LogP contribution in [0.25, 0.3) is 0 Å². The molecule has 0 saturated carbocycles. The van der Waals surface area contributed by atoms with Crippen LogP contribution in [0.3, 0.4) is 0 Å². The van der Waals surface area contributed by atoms with E-state index in [-0.39, 0.29) is 29.2 Å². The number of piperidine rings is 1. The second-order valence-electron chi connectivity index (χ2n) is 7.77. The van der Waals surface area contributed by atoms with Crippen LogP contribution in [-0.4, -0.2) is 55.3 Å². The molecule has 2 aliphatic rings. The number of hydrogen-bond donors (Lipinski definition) is 1. The Morgan fingerprint density at radius 3 is 2.42 bits per heavy atom. The highest BCUT2D eigenvalue weighted by molar-refractivity contribution is 7.91. The highest BCUT2D eigenvalue weighted by atomic mass is 32.2. The average Bonchev–Trinajstić information content (AvgIpc) is 2.87. The van der Waals surface area contributed by atoms with E-state index >= 15 is 0 Å². The molecule has 1 aromatic rings. The van der Waals surface area contributed by atoms with Gasteiger partial charge in [-0.2, -0.15) is 0 Å². The average molecular weight is 378 g/mol. The Morgan fingerprint density at radius 1 is 1.19 bits per heavy atom. The number of carbonyl (C=O) groups excluding carboxylic acids is 2. The molecule has 2 amide bonds. The van der Waals surface area contributed by atoms with E-state index in [9.17, 15) is 18.0 Å². The fourth-order valence-electron chi connectivity index (χ4n) is 3.84. The Labute approximate surface area is 154 Å². The summed E-state index contributed by atoms with van der Waals surface area (Å²) < 4.78 is 23.4. The third-order valence-electron chi connectivity index (χ3n) is 5.46. The lowest BCUT2D eigenvalue weighted by atomic mass is 9.93. The first-order valence-corrected chi connectivity index (χ1v) is 10.9. The molecule has 0 aliphatic carbocycles. The standard InChI is InChI=1S/C19H26N2O4S/c1-14-5-3-4-6-16(14)18(23)21-10-7-15(8-11-21)17(22)20-19(2)9-12-26(24,25)13-19/h3-6,15H,7-13H2,1-2H3,(H,20,22). The summed E-state index contributed by atoms with van der Waals surface area (Å²) in [7, 11) is -3.05. The first-order valence-electron chi connectivity index (χ1n) is 9.06. The lowest BCUT2D eigenvalue weighted by Crippen LogP contribution is -2.51. The van der Waals surface area contributed by atoms with E-state index in [0.29, 0.717) is 37.9 Å². The van der Waals surface area contributed by atoms with Crippen molar-refractivity contribution in [2.24, 2.45) is 5.92 Å². The fourth-order valence-corrected chi connectivity index (χ4v) is 5.93. The zero-order valence-electron chi connectivity index (χ0n) is 15.3. The van der Waals surface area contributed by atoms with Gasteiger partial charge in [0.2, 0.25) is 5.91 Å². The second kappa shape index (κ2) is 7.02. The summed E-state index contributed by atoms with van der Waals surface area (Å²) in [6.07, 6.45) is 1.67. The zero-order valence-corrected chi connectivity index (χ0v) is 16.1. The van der Waals surface area contributed by atoms with Crippen LogP contribution >= 0.6 is 0 Å². The Balaban J connectivity index is 1.56. The smallest absolute Gasteiger partial charge is 0.254 e. The number of nitrogens with zero attached hydrogens (tertiary/aromatic N) is 1. The van der Waals surface area contributed by atoms with Crippen molar-refractivity contribution < 1.29 is 18.0 Å². The minimum atomic E-state index is -3.05. The van der Waals surface area contributed by atoms with E-state index in [1.807, 2.05) is 31.2 Å². The maximum atomic E-state index is 12.7. The number of hydrogen-bond acceptors (Lipinski definition) is 4. The molecule has 0 spiro atoms. The van der Waals surface area contributed by atoms with Crippen molar-refractivity contribution in [3.05, 3.63) is 35.4 Å². The van der Waals surface area contributed by atoms with Crippen molar-refractivity contribution in [1.29, 1.82) is 0 Å². The van der Waals surface area contributed by atoms with E-state index in [2.05, 4.69) is 5.32 Å². The lowest BCUT2D eigenvalue weighted by Gasteiger charge is -2.34. The topological polar surface area (TPSA) is 83.6 Å². The molecular weight excluding hydrogens is 352 g/mol. The highest BCUT2D eigenvalue weighted by Gasteiger charge is 2.41. The number of likely N-dealkylation sites (tertiary alicyclic amines) is 1. The van der Waals surface area contributed by atoms with E-state index in [1.54, 1.807) is 11.8 Å². The van der Waals surface area contributed by atoms with Crippen LogP contribution in [0.1, 0.15) is 42.1 Å². The molecule has 26 heavy (non-hydrogen) atoms. The van der Waals surface area contributed by atoms with E-state index in [4.69, 9.17) is 0 Å². The maximum Gasteiger partial charge on any atom is 0.254 e. The minimum absolute atomic E-state index is 0.0100. The van der Waals surface area contributed by atoms with Gasteiger partial charge < -0.3 is 10.2 Å². The molecule has 6 nitrogen and oxygen atoms in total. The van der Waals surface area contributed by atoms with Gasteiger partial charge in [0.05, 0.1) is 17.0 Å². The van der Waals surface area contributed by atoms with Crippen molar-refractivity contribution >= 4 is 21.7 Å². The SMILES string of the molecule is Cc1ccccc1C(=O)N1CCC(C(=O)NC2(C)CCS(=O)(=O)C2)CC1. The van der Waals surface area contributed by atoms with Crippen molar-refractivity contribution in [3.8, 4) is 0 Å². The summed E-state index contributed by atoms with van der Waals surface area (Å²) in [4.78, 5) is 27.0. The fraction of sp³-hybridized carbons (Fsp3) is 0.579. The molecule has 2 fully saturated rings. The second-order valence-corrected chi connectivity index (χ2v) is 9.96. The molecule has 2 aliphatic heterocycles. The summed E-state index contributed by atoms with van der Waals surface area (Å²) in [6.45, 7) is 4.80.